The maximum atomic E-state index is 13.4. The molecule has 112 valence electrons. The second-order valence-corrected chi connectivity index (χ2v) is 36.4. The zero-order valence-electron chi connectivity index (χ0n) is 11.8. The molecule has 0 amide bonds. The molecule has 10 aliphatic rings. The van der Waals surface area contributed by atoms with E-state index in [1.807, 2.05) is 6.08 Å². The van der Waals surface area contributed by atoms with Gasteiger partial charge in [0.05, 0.1) is 0 Å². The molecular formula is C19H15BrFeO. The first-order valence-electron chi connectivity index (χ1n) is 8.63. The molecule has 10 aliphatic heterocycles. The Morgan fingerprint density at radius 2 is 1.50 bits per heavy atom. The van der Waals surface area contributed by atoms with Crippen molar-refractivity contribution in [3.8, 4) is 0 Å². The van der Waals surface area contributed by atoms with Crippen molar-refractivity contribution in [2.24, 2.45) is 0 Å². The summed E-state index contributed by atoms with van der Waals surface area (Å²) in [7, 11) is 0. The third-order valence-corrected chi connectivity index (χ3v) is 59.2. The van der Waals surface area contributed by atoms with Gasteiger partial charge in [0.25, 0.3) is 0 Å². The van der Waals surface area contributed by atoms with Crippen molar-refractivity contribution in [1.29, 1.82) is 0 Å². The van der Waals surface area contributed by atoms with Crippen LogP contribution in [-0.4, -0.2) is 5.78 Å². The molecule has 4 unspecified atom stereocenters. The molecule has 0 radical (unpaired) electrons. The minimum atomic E-state index is -3.21. The van der Waals surface area contributed by atoms with Gasteiger partial charge in [0.1, 0.15) is 0 Å². The normalized spacial score (nSPS) is 94.9. The van der Waals surface area contributed by atoms with Gasteiger partial charge in [0.15, 0.2) is 0 Å². The van der Waals surface area contributed by atoms with Gasteiger partial charge >= 0.3 is 127 Å². The maximum absolute atomic E-state index is 13.4. The van der Waals surface area contributed by atoms with E-state index in [9.17, 15) is 4.79 Å². The first-order valence-corrected chi connectivity index (χ1v) is 15.7. The molecular weight excluding hydrogens is 380 g/mol. The predicted octanol–water partition coefficient (Wildman–Crippen LogP) is 5.79. The summed E-state index contributed by atoms with van der Waals surface area (Å²) < 4.78 is 1.50. The van der Waals surface area contributed by atoms with Gasteiger partial charge in [-0.3, -0.25) is 0 Å². The van der Waals surface area contributed by atoms with E-state index in [2.05, 4.69) is 46.3 Å². The number of benzene rings is 1. The van der Waals surface area contributed by atoms with Gasteiger partial charge in [0, 0.05) is 0 Å². The van der Waals surface area contributed by atoms with E-state index >= 15 is 0 Å². The van der Waals surface area contributed by atoms with E-state index < -0.39 is 6.51 Å². The molecule has 0 aliphatic carbocycles. The summed E-state index contributed by atoms with van der Waals surface area (Å²) in [5.74, 6) is 0.627. The molecule has 11 rings (SSSR count). The summed E-state index contributed by atoms with van der Waals surface area (Å²) in [6, 6.07) is 8.34. The van der Waals surface area contributed by atoms with E-state index in [-0.39, 0.29) is 0 Å². The Morgan fingerprint density at radius 1 is 0.955 bits per heavy atom. The van der Waals surface area contributed by atoms with Crippen molar-refractivity contribution in [2.75, 3.05) is 0 Å². The van der Waals surface area contributed by atoms with Gasteiger partial charge in [-0.15, -0.1) is 0 Å². The van der Waals surface area contributed by atoms with Crippen LogP contribution in [0.3, 0.4) is 0 Å². The van der Waals surface area contributed by atoms with E-state index in [0.717, 1.165) is 14.1 Å². The van der Waals surface area contributed by atoms with E-state index in [1.54, 1.807) is 0 Å². The average molecular weight is 395 g/mol. The van der Waals surface area contributed by atoms with Crippen molar-refractivity contribution >= 4 is 27.8 Å². The first-order chi connectivity index (χ1) is 10.4. The second kappa shape index (κ2) is 0.926. The molecule has 1 aromatic carbocycles. The summed E-state index contributed by atoms with van der Waals surface area (Å²) >= 11 is 3.48. The van der Waals surface area contributed by atoms with Gasteiger partial charge in [-0.1, -0.05) is 0 Å². The Kier molecular flexibility index (Phi) is 0.387. The number of rotatable bonds is 3. The third-order valence-electron chi connectivity index (χ3n) is 16.4. The van der Waals surface area contributed by atoms with Crippen molar-refractivity contribution in [1.82, 2.24) is 0 Å². The Labute approximate surface area is 127 Å². The fraction of sp³-hybridized carbons (Fsp3) is 0.526. The van der Waals surface area contributed by atoms with Gasteiger partial charge in [-0.05, 0) is 0 Å². The Balaban J connectivity index is 1.18. The fourth-order valence-electron chi connectivity index (χ4n) is 17.7. The summed E-state index contributed by atoms with van der Waals surface area (Å²) in [5.41, 5.74) is 1.17. The molecule has 0 saturated carbocycles. The molecule has 0 bridgehead atoms. The summed E-state index contributed by atoms with van der Waals surface area (Å²) in [5, 5.41) is 0. The van der Waals surface area contributed by atoms with Crippen molar-refractivity contribution in [3.63, 3.8) is 0 Å². The molecule has 4 atom stereocenters. The molecule has 22 heavy (non-hydrogen) atoms. The van der Waals surface area contributed by atoms with E-state index in [4.69, 9.17) is 0 Å². The van der Waals surface area contributed by atoms with Crippen LogP contribution >= 0.6 is 15.9 Å². The molecule has 1 nitrogen and oxygen atoms in total. The van der Waals surface area contributed by atoms with Crippen LogP contribution in [0.4, 0.5) is 0 Å². The van der Waals surface area contributed by atoms with Gasteiger partial charge in [-0.25, -0.2) is 0 Å². The topological polar surface area (TPSA) is 17.1 Å². The number of hydrogen-bond acceptors (Lipinski definition) is 1. The van der Waals surface area contributed by atoms with Crippen LogP contribution in [-0.2, 0) is 11.3 Å². The number of ketones is 1. The second-order valence-electron chi connectivity index (χ2n) is 11.9. The zero-order chi connectivity index (χ0) is 14.0. The molecule has 0 N–H and O–H groups in total. The monoisotopic (exact) mass is 394 g/mol. The molecule has 1 aromatic rings. The number of carbonyl (C=O) groups is 1. The van der Waals surface area contributed by atoms with Gasteiger partial charge < -0.3 is 0 Å². The number of fused-ring (bicyclic) bond motifs is 10. The standard InChI is InChI=1S/C14H10BrO.C5H5.Fe/c15-13-8-5-11(6-9-13)7-10-14(16)12-3-1-2-4-12;1-2-4-5-3-1;/h1-10H;1-5H;. The number of halogens is 1. The van der Waals surface area contributed by atoms with E-state index in [0.29, 0.717) is 10.1 Å². The van der Waals surface area contributed by atoms with Crippen LogP contribution in [0.25, 0.3) is 6.08 Å². The number of allylic oxidation sites excluding steroid dienone is 1. The zero-order valence-corrected chi connectivity index (χ0v) is 14.5. The molecule has 10 heterocycles. The summed E-state index contributed by atoms with van der Waals surface area (Å²) in [6.45, 7) is -3.21. The van der Waals surface area contributed by atoms with Crippen LogP contribution in [0.1, 0.15) is 5.56 Å². The summed E-state index contributed by atoms with van der Waals surface area (Å²) in [4.78, 5) is 24.3. The molecule has 10 saturated heterocycles. The predicted molar refractivity (Wildman–Crippen MR) is 84.6 cm³/mol. The fourth-order valence-corrected chi connectivity index (χ4v) is 91.9. The average Bonchev–Trinajstić information content (AvgIpc) is 3.46. The minimum absolute atomic E-state index is 0.394. The van der Waals surface area contributed by atoms with Crippen LogP contribution in [0.2, 0.25) is 47.7 Å². The first kappa shape index (κ1) is 9.20. The van der Waals surface area contributed by atoms with Crippen LogP contribution in [0.5, 0.6) is 0 Å². The van der Waals surface area contributed by atoms with Crippen LogP contribution in [0.15, 0.2) is 34.8 Å². The van der Waals surface area contributed by atoms with E-state index in [1.165, 1.54) is 39.3 Å². The van der Waals surface area contributed by atoms with Crippen molar-refractivity contribution in [2.45, 2.75) is 47.7 Å². The van der Waals surface area contributed by atoms with Crippen molar-refractivity contribution in [3.05, 3.63) is 40.4 Å². The van der Waals surface area contributed by atoms with Gasteiger partial charge in [-0.2, -0.15) is 0 Å². The molecule has 10 fully saturated rings. The molecule has 3 heteroatoms. The Morgan fingerprint density at radius 3 is 1.91 bits per heavy atom. The quantitative estimate of drug-likeness (QED) is 0.468. The van der Waals surface area contributed by atoms with Gasteiger partial charge in [0.2, 0.25) is 0 Å². The number of carbonyl (C=O) groups excluding carboxylic acids is 1. The molecule has 0 aromatic heterocycles. The summed E-state index contributed by atoms with van der Waals surface area (Å²) in [6.07, 6.45) is 4.12. The van der Waals surface area contributed by atoms with Crippen LogP contribution < -0.4 is 0 Å². The Hall–Kier alpha value is -0.371. The number of hydrogen-bond donors (Lipinski definition) is 0. The Bertz CT molecular complexity index is 1240. The SMILES string of the molecule is O=C(C=Cc1ccc(Br)cc1)[C]12[CH]3[CH]4[CH]5[CH]1[Fe]45321678[CH]2[CH]1[CH]6[CH]7[CH]28. The van der Waals surface area contributed by atoms with Crippen LogP contribution in [0, 0.1) is 0 Å². The van der Waals surface area contributed by atoms with Crippen molar-refractivity contribution < 1.29 is 11.3 Å². The molecule has 1 spiro atoms. The third kappa shape index (κ3) is 0.125.